The van der Waals surface area contributed by atoms with Gasteiger partial charge in [-0.1, -0.05) is 36.4 Å². The number of nitrogens with two attached hydrogens (primary N) is 4. The molecule has 0 fully saturated rings. The summed E-state index contributed by atoms with van der Waals surface area (Å²) in [7, 11) is 0. The molecular weight excluding hydrogens is 500 g/mol. The predicted octanol–water partition coefficient (Wildman–Crippen LogP) is 1.08. The highest BCUT2D eigenvalue weighted by Crippen LogP contribution is 2.24. The molecule has 11 heteroatoms. The van der Waals surface area contributed by atoms with Gasteiger partial charge in [0, 0.05) is 36.0 Å². The van der Waals surface area contributed by atoms with Crippen molar-refractivity contribution in [3.05, 3.63) is 72.1 Å². The van der Waals surface area contributed by atoms with Gasteiger partial charge in [-0.2, -0.15) is 0 Å². The number of benzene rings is 2. The average Bonchev–Trinajstić information content (AvgIpc) is 3.46. The Hall–Kier alpha value is -4.16. The Morgan fingerprint density at radius 1 is 0.667 bits per heavy atom. The second-order valence-electron chi connectivity index (χ2n) is 9.70. The van der Waals surface area contributed by atoms with Gasteiger partial charge >= 0.3 is 11.9 Å². The lowest BCUT2D eigenvalue weighted by molar-refractivity contribution is -0.161. The summed E-state index contributed by atoms with van der Waals surface area (Å²) in [6.07, 6.45) is 3.23. The number of rotatable bonds is 8. The van der Waals surface area contributed by atoms with Crippen molar-refractivity contribution in [1.82, 2.24) is 9.13 Å². The van der Waals surface area contributed by atoms with E-state index < -0.39 is 36.1 Å². The monoisotopic (exact) mass is 532 g/mol. The minimum absolute atomic E-state index is 0.0218. The largest absolute Gasteiger partial charge is 0.391 e. The molecule has 0 spiro atoms. The highest BCUT2D eigenvalue weighted by atomic mass is 16.6. The fourth-order valence-corrected chi connectivity index (χ4v) is 4.52. The quantitative estimate of drug-likeness (QED) is 0.190. The second kappa shape index (κ2) is 11.3. The summed E-state index contributed by atoms with van der Waals surface area (Å²) < 4.78 is 7.88. The Kier molecular flexibility index (Phi) is 8.07. The van der Waals surface area contributed by atoms with E-state index in [1.807, 2.05) is 0 Å². The van der Waals surface area contributed by atoms with Crippen LogP contribution in [0, 0.1) is 0 Å². The third-order valence-electron chi connectivity index (χ3n) is 6.53. The molecule has 0 radical (unpaired) electrons. The Morgan fingerprint density at radius 3 is 1.38 bits per heavy atom. The summed E-state index contributed by atoms with van der Waals surface area (Å²) in [6, 6.07) is 10.5. The molecule has 4 atom stereocenters. The highest BCUT2D eigenvalue weighted by molar-refractivity contribution is 5.98. The van der Waals surface area contributed by atoms with Crippen molar-refractivity contribution < 1.29 is 23.9 Å². The second-order valence-corrected chi connectivity index (χ2v) is 9.70. The average molecular weight is 533 g/mol. The topological polar surface area (TPSA) is 191 Å². The molecule has 4 rings (SSSR count). The zero-order chi connectivity index (χ0) is 28.4. The standard InChI is InChI=1S/C28H32N6O5/c1-15(29)25(35)33-13-17(19-7-3-5-9-23(19)33)11-21(31)27(37)39-28(38)22(32)12-18-14-34(26(36)16(2)30)24-10-6-4-8-20(18)24/h3-10,13-16,21-22H,11-12,29-32H2,1-2H3/t15-,16-,21-,22-/m0/s1. The van der Waals surface area contributed by atoms with Crippen molar-refractivity contribution in [2.24, 2.45) is 22.9 Å². The van der Waals surface area contributed by atoms with E-state index in [1.165, 1.54) is 9.13 Å². The van der Waals surface area contributed by atoms with Crippen LogP contribution in [0.4, 0.5) is 0 Å². The Labute approximate surface area is 224 Å². The van der Waals surface area contributed by atoms with Crippen molar-refractivity contribution in [2.75, 3.05) is 0 Å². The zero-order valence-electron chi connectivity index (χ0n) is 21.7. The number of aromatic nitrogens is 2. The molecule has 2 aromatic heterocycles. The van der Waals surface area contributed by atoms with Crippen LogP contribution in [-0.4, -0.2) is 57.1 Å². The molecular formula is C28H32N6O5. The molecule has 4 aromatic rings. The number of carbonyl (C=O) groups excluding carboxylic acids is 4. The third kappa shape index (κ3) is 5.66. The molecule has 11 nitrogen and oxygen atoms in total. The molecule has 0 aliphatic heterocycles. The van der Waals surface area contributed by atoms with Crippen LogP contribution in [0.2, 0.25) is 0 Å². The highest BCUT2D eigenvalue weighted by Gasteiger charge is 2.27. The lowest BCUT2D eigenvalue weighted by Crippen LogP contribution is -2.41. The van der Waals surface area contributed by atoms with Crippen molar-refractivity contribution in [2.45, 2.75) is 50.9 Å². The maximum absolute atomic E-state index is 12.7. The van der Waals surface area contributed by atoms with Crippen LogP contribution < -0.4 is 22.9 Å². The van der Waals surface area contributed by atoms with Gasteiger partial charge in [-0.15, -0.1) is 0 Å². The van der Waals surface area contributed by atoms with E-state index in [0.29, 0.717) is 22.2 Å². The fourth-order valence-electron chi connectivity index (χ4n) is 4.52. The van der Waals surface area contributed by atoms with E-state index in [9.17, 15) is 19.2 Å². The molecule has 8 N–H and O–H groups in total. The van der Waals surface area contributed by atoms with Crippen molar-refractivity contribution in [1.29, 1.82) is 0 Å². The van der Waals surface area contributed by atoms with Crippen LogP contribution in [0.15, 0.2) is 60.9 Å². The Balaban J connectivity index is 1.46. The van der Waals surface area contributed by atoms with Crippen LogP contribution >= 0.6 is 0 Å². The SMILES string of the molecule is C[C@H](N)C(=O)n1cc(C[C@H](N)C(=O)OC(=O)[C@@H](N)Cc2cn(C(=O)[C@H](C)N)c3ccccc23)c2ccccc21. The molecule has 2 heterocycles. The Morgan fingerprint density at radius 2 is 1.03 bits per heavy atom. The molecule has 0 aliphatic carbocycles. The van der Waals surface area contributed by atoms with Gasteiger partial charge in [0.2, 0.25) is 11.8 Å². The summed E-state index contributed by atoms with van der Waals surface area (Å²) >= 11 is 0. The Bertz CT molecular complexity index is 1450. The van der Waals surface area contributed by atoms with Gasteiger partial charge < -0.3 is 27.7 Å². The number of nitrogens with zero attached hydrogens (tertiary/aromatic N) is 2. The van der Waals surface area contributed by atoms with E-state index in [4.69, 9.17) is 27.7 Å². The first-order valence-corrected chi connectivity index (χ1v) is 12.5. The predicted molar refractivity (Wildman–Crippen MR) is 147 cm³/mol. The van der Waals surface area contributed by atoms with Crippen LogP contribution in [0.5, 0.6) is 0 Å². The van der Waals surface area contributed by atoms with Gasteiger partial charge in [-0.25, -0.2) is 9.59 Å². The van der Waals surface area contributed by atoms with Gasteiger partial charge in [-0.05, 0) is 37.1 Å². The minimum atomic E-state index is -1.18. The van der Waals surface area contributed by atoms with Crippen LogP contribution in [0.1, 0.15) is 34.6 Å². The third-order valence-corrected chi connectivity index (χ3v) is 6.53. The molecule has 0 unspecified atom stereocenters. The van der Waals surface area contributed by atoms with E-state index >= 15 is 0 Å². The molecule has 39 heavy (non-hydrogen) atoms. The van der Waals surface area contributed by atoms with Gasteiger partial charge in [0.05, 0.1) is 23.1 Å². The molecule has 0 bridgehead atoms. The van der Waals surface area contributed by atoms with E-state index in [1.54, 1.807) is 74.8 Å². The maximum Gasteiger partial charge on any atom is 0.330 e. The summed E-state index contributed by atoms with van der Waals surface area (Å²) in [5, 5.41) is 1.46. The van der Waals surface area contributed by atoms with E-state index in [0.717, 1.165) is 10.8 Å². The maximum atomic E-state index is 12.7. The normalized spacial score (nSPS) is 14.6. The molecule has 0 saturated heterocycles. The van der Waals surface area contributed by atoms with Crippen molar-refractivity contribution in [3.8, 4) is 0 Å². The minimum Gasteiger partial charge on any atom is -0.391 e. The summed E-state index contributed by atoms with van der Waals surface area (Å²) in [5.41, 5.74) is 26.3. The fraction of sp³-hybridized carbons (Fsp3) is 0.286. The number of hydrogen-bond acceptors (Lipinski definition) is 9. The summed E-state index contributed by atoms with van der Waals surface area (Å²) in [4.78, 5) is 50.5. The lowest BCUT2D eigenvalue weighted by atomic mass is 10.0. The zero-order valence-corrected chi connectivity index (χ0v) is 21.7. The molecule has 0 amide bonds. The first kappa shape index (κ1) is 27.9. The van der Waals surface area contributed by atoms with Crippen LogP contribution in [0.25, 0.3) is 21.8 Å². The summed E-state index contributed by atoms with van der Waals surface area (Å²) in [6.45, 7) is 3.17. The number of ether oxygens (including phenoxy) is 1. The smallest absolute Gasteiger partial charge is 0.330 e. The number of para-hydroxylation sites is 2. The van der Waals surface area contributed by atoms with E-state index in [2.05, 4.69) is 0 Å². The van der Waals surface area contributed by atoms with Crippen molar-refractivity contribution >= 4 is 45.6 Å². The number of carbonyl (C=O) groups is 4. The first-order chi connectivity index (χ1) is 18.5. The van der Waals surface area contributed by atoms with Crippen LogP contribution in [0.3, 0.4) is 0 Å². The lowest BCUT2D eigenvalue weighted by Gasteiger charge is -2.13. The molecule has 2 aromatic carbocycles. The number of esters is 2. The first-order valence-electron chi connectivity index (χ1n) is 12.5. The van der Waals surface area contributed by atoms with Crippen LogP contribution in [-0.2, 0) is 27.2 Å². The number of hydrogen-bond donors (Lipinski definition) is 4. The summed E-state index contributed by atoms with van der Waals surface area (Å²) in [5.74, 6) is -2.50. The van der Waals surface area contributed by atoms with Gasteiger partial charge in [0.25, 0.3) is 0 Å². The van der Waals surface area contributed by atoms with Gasteiger partial charge in [-0.3, -0.25) is 18.7 Å². The van der Waals surface area contributed by atoms with Gasteiger partial charge in [0.1, 0.15) is 12.1 Å². The molecule has 0 saturated carbocycles. The number of fused-ring (bicyclic) bond motifs is 2. The molecule has 0 aliphatic rings. The van der Waals surface area contributed by atoms with Crippen molar-refractivity contribution in [3.63, 3.8) is 0 Å². The molecule has 204 valence electrons. The van der Waals surface area contributed by atoms with Gasteiger partial charge in [0.15, 0.2) is 0 Å². The van der Waals surface area contributed by atoms with E-state index in [-0.39, 0.29) is 24.7 Å².